The number of ether oxygens (including phenoxy) is 1. The van der Waals surface area contributed by atoms with Gasteiger partial charge in [-0.05, 0) is 41.3 Å². The van der Waals surface area contributed by atoms with E-state index in [9.17, 15) is 14.0 Å². The van der Waals surface area contributed by atoms with E-state index in [1.54, 1.807) is 25.3 Å². The second-order valence-corrected chi connectivity index (χ2v) is 7.30. The van der Waals surface area contributed by atoms with Crippen LogP contribution in [0.5, 0.6) is 0 Å². The second-order valence-electron chi connectivity index (χ2n) is 7.30. The van der Waals surface area contributed by atoms with Crippen molar-refractivity contribution in [2.75, 3.05) is 24.8 Å². The highest BCUT2D eigenvalue weighted by Gasteiger charge is 2.17. The third-order valence-electron chi connectivity index (χ3n) is 5.24. The number of amides is 1. The minimum absolute atomic E-state index is 0.185. The van der Waals surface area contributed by atoms with E-state index in [4.69, 9.17) is 10.5 Å². The van der Waals surface area contributed by atoms with Gasteiger partial charge in [-0.2, -0.15) is 0 Å². The maximum Gasteiger partial charge on any atom is 0.260 e. The number of carbonyl (C=O) groups is 1. The van der Waals surface area contributed by atoms with Gasteiger partial charge in [0, 0.05) is 29.3 Å². The molecule has 0 bridgehead atoms. The Morgan fingerprint density at radius 3 is 2.53 bits per heavy atom. The molecule has 0 aliphatic carbocycles. The molecule has 3 aromatic carbocycles. The number of anilines is 2. The molecule has 0 atom stereocenters. The number of nitrogens with two attached hydrogens (primary N) is 1. The van der Waals surface area contributed by atoms with Crippen LogP contribution in [0, 0.1) is 5.82 Å². The van der Waals surface area contributed by atoms with E-state index in [2.05, 4.69) is 5.32 Å². The maximum absolute atomic E-state index is 13.5. The Kier molecular flexibility index (Phi) is 6.00. The molecule has 6 nitrogen and oxygen atoms in total. The van der Waals surface area contributed by atoms with Crippen LogP contribution in [0.1, 0.15) is 10.4 Å². The van der Waals surface area contributed by atoms with Crippen LogP contribution < -0.4 is 16.6 Å². The Bertz CT molecular complexity index is 1350. The van der Waals surface area contributed by atoms with Gasteiger partial charge in [0.2, 0.25) is 0 Å². The molecule has 32 heavy (non-hydrogen) atoms. The van der Waals surface area contributed by atoms with Crippen molar-refractivity contribution in [2.45, 2.75) is 6.54 Å². The van der Waals surface area contributed by atoms with Crippen molar-refractivity contribution in [1.29, 1.82) is 0 Å². The van der Waals surface area contributed by atoms with E-state index in [1.807, 2.05) is 30.3 Å². The minimum Gasteiger partial charge on any atom is -0.384 e. The molecule has 1 aromatic heterocycles. The van der Waals surface area contributed by atoms with Gasteiger partial charge < -0.3 is 15.8 Å². The van der Waals surface area contributed by atoms with Gasteiger partial charge in [-0.1, -0.05) is 42.5 Å². The van der Waals surface area contributed by atoms with Gasteiger partial charge in [0.15, 0.2) is 0 Å². The van der Waals surface area contributed by atoms with E-state index in [0.717, 1.165) is 17.2 Å². The fourth-order valence-corrected chi connectivity index (χ4v) is 3.69. The van der Waals surface area contributed by atoms with Gasteiger partial charge in [0.05, 0.1) is 13.2 Å². The number of nitrogen functional groups attached to an aromatic ring is 1. The van der Waals surface area contributed by atoms with Crippen LogP contribution in [0.25, 0.3) is 21.9 Å². The Balaban J connectivity index is 1.84. The van der Waals surface area contributed by atoms with E-state index in [0.29, 0.717) is 28.9 Å². The first-order chi connectivity index (χ1) is 15.5. The van der Waals surface area contributed by atoms with Crippen LogP contribution in [0.4, 0.5) is 15.9 Å². The van der Waals surface area contributed by atoms with Gasteiger partial charge in [-0.25, -0.2) is 4.39 Å². The fourth-order valence-electron chi connectivity index (χ4n) is 3.69. The third kappa shape index (κ3) is 4.10. The molecule has 1 heterocycles. The lowest BCUT2D eigenvalue weighted by Gasteiger charge is -2.17. The Morgan fingerprint density at radius 1 is 1.03 bits per heavy atom. The number of nitrogens with one attached hydrogen (secondary N) is 1. The van der Waals surface area contributed by atoms with Crippen LogP contribution in [-0.4, -0.2) is 24.2 Å². The van der Waals surface area contributed by atoms with Crippen molar-refractivity contribution < 1.29 is 13.9 Å². The maximum atomic E-state index is 13.5. The topological polar surface area (TPSA) is 86.3 Å². The number of nitrogens with zero attached hydrogens (tertiary/aromatic N) is 1. The minimum atomic E-state index is -0.500. The summed E-state index contributed by atoms with van der Waals surface area (Å²) in [6.07, 6.45) is 0. The van der Waals surface area contributed by atoms with Crippen LogP contribution in [-0.2, 0) is 11.3 Å². The number of aromatic nitrogens is 1. The normalized spacial score (nSPS) is 10.9. The first-order valence-electron chi connectivity index (χ1n) is 10.1. The molecule has 0 spiro atoms. The number of hydrogen-bond acceptors (Lipinski definition) is 4. The Hall–Kier alpha value is -3.97. The summed E-state index contributed by atoms with van der Waals surface area (Å²) in [4.78, 5) is 25.8. The highest BCUT2D eigenvalue weighted by atomic mass is 19.1. The first kappa shape index (κ1) is 21.3. The fraction of sp³-hybridized carbons (Fsp3) is 0.120. The van der Waals surface area contributed by atoms with Crippen molar-refractivity contribution in [2.24, 2.45) is 0 Å². The molecule has 1 amide bonds. The number of methoxy groups -OCH3 is 1. The summed E-state index contributed by atoms with van der Waals surface area (Å²) in [7, 11) is 1.56. The quantitative estimate of drug-likeness (QED) is 0.477. The predicted molar refractivity (Wildman–Crippen MR) is 124 cm³/mol. The number of benzene rings is 3. The summed E-state index contributed by atoms with van der Waals surface area (Å²) in [5.41, 5.74) is 8.37. The summed E-state index contributed by atoms with van der Waals surface area (Å²) in [5.74, 6) is -0.621. The molecule has 0 fully saturated rings. The molecule has 4 aromatic rings. The molecule has 3 N–H and O–H groups in total. The first-order valence-corrected chi connectivity index (χ1v) is 10.1. The molecule has 0 saturated heterocycles. The largest absolute Gasteiger partial charge is 0.384 e. The number of pyridine rings is 1. The Labute approximate surface area is 184 Å². The molecule has 0 aliphatic rings. The molecule has 162 valence electrons. The van der Waals surface area contributed by atoms with E-state index < -0.39 is 11.7 Å². The van der Waals surface area contributed by atoms with Gasteiger partial charge in [0.1, 0.15) is 11.6 Å². The average Bonchev–Trinajstić information content (AvgIpc) is 2.80. The summed E-state index contributed by atoms with van der Waals surface area (Å²) >= 11 is 0. The number of halogens is 1. The monoisotopic (exact) mass is 431 g/mol. The number of rotatable bonds is 6. The molecule has 0 aliphatic heterocycles. The molecular formula is C25H22FN3O3. The van der Waals surface area contributed by atoms with Crippen LogP contribution in [0.2, 0.25) is 0 Å². The SMILES string of the molecule is COCCn1c(N)c(-c2ccccc2)c2ccc(NC(=O)c3cccc(F)c3)cc2c1=O. The van der Waals surface area contributed by atoms with Crippen LogP contribution >= 0.6 is 0 Å². The molecular weight excluding hydrogens is 409 g/mol. The zero-order valence-electron chi connectivity index (χ0n) is 17.5. The van der Waals surface area contributed by atoms with Gasteiger partial charge in [-0.15, -0.1) is 0 Å². The third-order valence-corrected chi connectivity index (χ3v) is 5.24. The average molecular weight is 431 g/mol. The van der Waals surface area contributed by atoms with Crippen LogP contribution in [0.3, 0.4) is 0 Å². The summed E-state index contributed by atoms with van der Waals surface area (Å²) in [5, 5.41) is 3.82. The highest BCUT2D eigenvalue weighted by Crippen LogP contribution is 2.33. The summed E-state index contributed by atoms with van der Waals surface area (Å²) in [6.45, 7) is 0.608. The lowest BCUT2D eigenvalue weighted by Crippen LogP contribution is -2.26. The van der Waals surface area contributed by atoms with Crippen molar-refractivity contribution in [3.05, 3.63) is 94.5 Å². The number of hydrogen-bond donors (Lipinski definition) is 2. The number of fused-ring (bicyclic) bond motifs is 1. The predicted octanol–water partition coefficient (Wildman–Crippen LogP) is 4.29. The molecule has 0 saturated carbocycles. The summed E-state index contributed by atoms with van der Waals surface area (Å²) in [6, 6.07) is 20.0. The van der Waals surface area contributed by atoms with E-state index >= 15 is 0 Å². The van der Waals surface area contributed by atoms with Crippen molar-refractivity contribution in [3.63, 3.8) is 0 Å². The van der Waals surface area contributed by atoms with Crippen molar-refractivity contribution in [3.8, 4) is 11.1 Å². The summed E-state index contributed by atoms with van der Waals surface area (Å²) < 4.78 is 20.1. The highest BCUT2D eigenvalue weighted by molar-refractivity contribution is 6.07. The lowest BCUT2D eigenvalue weighted by molar-refractivity contribution is 0.102. The standard InChI is InChI=1S/C25H22FN3O3/c1-32-13-12-29-23(27)22(16-6-3-2-4-7-16)20-11-10-19(15-21(20)25(29)31)28-24(30)17-8-5-9-18(26)14-17/h2-11,14-15H,12-13,27H2,1H3,(H,28,30). The van der Waals surface area contributed by atoms with Crippen molar-refractivity contribution in [1.82, 2.24) is 4.57 Å². The number of carbonyl (C=O) groups excluding carboxylic acids is 1. The Morgan fingerprint density at radius 2 is 1.81 bits per heavy atom. The second kappa shape index (κ2) is 9.03. The van der Waals surface area contributed by atoms with Crippen LogP contribution in [0.15, 0.2) is 77.6 Å². The zero-order chi connectivity index (χ0) is 22.7. The van der Waals surface area contributed by atoms with Gasteiger partial charge >= 0.3 is 0 Å². The van der Waals surface area contributed by atoms with E-state index in [-0.39, 0.29) is 17.7 Å². The van der Waals surface area contributed by atoms with Crippen molar-refractivity contribution >= 4 is 28.2 Å². The molecule has 7 heteroatoms. The smallest absolute Gasteiger partial charge is 0.260 e. The van der Waals surface area contributed by atoms with Gasteiger partial charge in [-0.3, -0.25) is 14.2 Å². The van der Waals surface area contributed by atoms with E-state index in [1.165, 1.54) is 22.8 Å². The zero-order valence-corrected chi connectivity index (χ0v) is 17.5. The molecule has 4 rings (SSSR count). The van der Waals surface area contributed by atoms with Gasteiger partial charge in [0.25, 0.3) is 11.5 Å². The molecule has 0 unspecified atom stereocenters. The lowest BCUT2D eigenvalue weighted by atomic mass is 9.98. The molecule has 0 radical (unpaired) electrons.